The molecule has 0 spiro atoms. The molecule has 22 heavy (non-hydrogen) atoms. The van der Waals surface area contributed by atoms with Gasteiger partial charge in [0.15, 0.2) is 5.11 Å². The third kappa shape index (κ3) is 3.30. The summed E-state index contributed by atoms with van der Waals surface area (Å²) in [5, 5.41) is 7.31. The number of fused-ring (bicyclic) bond motifs is 1. The standard InChI is InChI=1S/C19H22N2S/c1-13-10-11-16(12-14(13)2)20-19(22)21-18-9-5-7-15-6-3-4-8-17(15)18/h5,7,9-12H,3-4,6,8H2,1-2H3,(H2,20,21,22). The Bertz CT molecular complexity index is 707. The lowest BCUT2D eigenvalue weighted by atomic mass is 9.90. The number of rotatable bonds is 2. The first-order chi connectivity index (χ1) is 10.6. The number of hydrogen-bond donors (Lipinski definition) is 2. The maximum Gasteiger partial charge on any atom is 0.175 e. The van der Waals surface area contributed by atoms with Gasteiger partial charge in [-0.1, -0.05) is 18.2 Å². The first kappa shape index (κ1) is 15.0. The normalized spacial score (nSPS) is 13.4. The molecule has 0 heterocycles. The minimum Gasteiger partial charge on any atom is -0.332 e. The van der Waals surface area contributed by atoms with Gasteiger partial charge in [-0.05, 0) is 92.2 Å². The van der Waals surface area contributed by atoms with Crippen LogP contribution in [0.25, 0.3) is 0 Å². The Labute approximate surface area is 137 Å². The van der Waals surface area contributed by atoms with Crippen molar-refractivity contribution in [1.29, 1.82) is 0 Å². The second-order valence-corrected chi connectivity index (χ2v) is 6.44. The second-order valence-electron chi connectivity index (χ2n) is 6.03. The Kier molecular flexibility index (Phi) is 4.44. The summed E-state index contributed by atoms with van der Waals surface area (Å²) in [5.41, 5.74) is 7.64. The summed E-state index contributed by atoms with van der Waals surface area (Å²) in [6.45, 7) is 4.23. The van der Waals surface area contributed by atoms with E-state index in [4.69, 9.17) is 12.2 Å². The first-order valence-electron chi connectivity index (χ1n) is 7.89. The molecular weight excluding hydrogens is 288 g/mol. The number of aryl methyl sites for hydroxylation is 3. The van der Waals surface area contributed by atoms with Gasteiger partial charge in [0.2, 0.25) is 0 Å². The molecule has 2 aromatic carbocycles. The molecule has 1 aliphatic rings. The second kappa shape index (κ2) is 6.49. The third-order valence-electron chi connectivity index (χ3n) is 4.41. The van der Waals surface area contributed by atoms with Gasteiger partial charge in [0.1, 0.15) is 0 Å². The highest BCUT2D eigenvalue weighted by atomic mass is 32.1. The topological polar surface area (TPSA) is 24.1 Å². The molecular formula is C19H22N2S. The van der Waals surface area contributed by atoms with E-state index >= 15 is 0 Å². The average Bonchev–Trinajstić information content (AvgIpc) is 2.51. The van der Waals surface area contributed by atoms with Gasteiger partial charge in [0.25, 0.3) is 0 Å². The van der Waals surface area contributed by atoms with E-state index in [-0.39, 0.29) is 0 Å². The van der Waals surface area contributed by atoms with Crippen LogP contribution >= 0.6 is 12.2 Å². The number of nitrogens with one attached hydrogen (secondary N) is 2. The van der Waals surface area contributed by atoms with Crippen molar-refractivity contribution in [2.45, 2.75) is 39.5 Å². The van der Waals surface area contributed by atoms with E-state index in [0.717, 1.165) is 17.8 Å². The van der Waals surface area contributed by atoms with Crippen LogP contribution in [0.3, 0.4) is 0 Å². The largest absolute Gasteiger partial charge is 0.332 e. The van der Waals surface area contributed by atoms with E-state index in [2.05, 4.69) is 60.9 Å². The van der Waals surface area contributed by atoms with Crippen molar-refractivity contribution in [2.75, 3.05) is 10.6 Å². The van der Waals surface area contributed by atoms with E-state index in [1.54, 1.807) is 0 Å². The molecule has 3 rings (SSSR count). The fraction of sp³-hybridized carbons (Fsp3) is 0.316. The summed E-state index contributed by atoms with van der Waals surface area (Å²) < 4.78 is 0. The van der Waals surface area contributed by atoms with Gasteiger partial charge in [0, 0.05) is 11.4 Å². The monoisotopic (exact) mass is 310 g/mol. The lowest BCUT2D eigenvalue weighted by Gasteiger charge is -2.20. The molecule has 0 unspecified atom stereocenters. The summed E-state index contributed by atoms with van der Waals surface area (Å²) in [5.74, 6) is 0. The minimum atomic E-state index is 0.655. The molecule has 0 saturated carbocycles. The zero-order valence-corrected chi connectivity index (χ0v) is 14.0. The van der Waals surface area contributed by atoms with Gasteiger partial charge in [-0.15, -0.1) is 0 Å². The lowest BCUT2D eigenvalue weighted by Crippen LogP contribution is -2.21. The fourth-order valence-corrected chi connectivity index (χ4v) is 3.23. The van der Waals surface area contributed by atoms with E-state index in [1.165, 1.54) is 41.5 Å². The Hall–Kier alpha value is -1.87. The van der Waals surface area contributed by atoms with Crippen LogP contribution in [-0.4, -0.2) is 5.11 Å². The number of benzene rings is 2. The average molecular weight is 310 g/mol. The van der Waals surface area contributed by atoms with Crippen LogP contribution in [0.4, 0.5) is 11.4 Å². The van der Waals surface area contributed by atoms with Gasteiger partial charge >= 0.3 is 0 Å². The van der Waals surface area contributed by atoms with Crippen molar-refractivity contribution in [3.8, 4) is 0 Å². The van der Waals surface area contributed by atoms with Crippen LogP contribution < -0.4 is 10.6 Å². The summed E-state index contributed by atoms with van der Waals surface area (Å²) in [7, 11) is 0. The van der Waals surface area contributed by atoms with E-state index < -0.39 is 0 Å². The van der Waals surface area contributed by atoms with Gasteiger partial charge in [-0.2, -0.15) is 0 Å². The van der Waals surface area contributed by atoms with Crippen LogP contribution in [0.15, 0.2) is 36.4 Å². The number of anilines is 2. The highest BCUT2D eigenvalue weighted by Gasteiger charge is 2.13. The van der Waals surface area contributed by atoms with Crippen molar-refractivity contribution >= 4 is 28.7 Å². The molecule has 2 aromatic rings. The number of hydrogen-bond acceptors (Lipinski definition) is 1. The maximum absolute atomic E-state index is 5.48. The van der Waals surface area contributed by atoms with Crippen molar-refractivity contribution in [3.63, 3.8) is 0 Å². The molecule has 3 heteroatoms. The van der Waals surface area contributed by atoms with Gasteiger partial charge in [-0.25, -0.2) is 0 Å². The zero-order chi connectivity index (χ0) is 15.5. The molecule has 0 amide bonds. The molecule has 2 N–H and O–H groups in total. The smallest absolute Gasteiger partial charge is 0.175 e. The van der Waals surface area contributed by atoms with Crippen LogP contribution in [0.5, 0.6) is 0 Å². The Morgan fingerprint density at radius 3 is 2.59 bits per heavy atom. The van der Waals surface area contributed by atoms with Crippen molar-refractivity contribution in [2.24, 2.45) is 0 Å². The molecule has 0 fully saturated rings. The quantitative estimate of drug-likeness (QED) is 0.764. The molecule has 0 aromatic heterocycles. The summed E-state index contributed by atoms with van der Waals surface area (Å²) in [6.07, 6.45) is 4.89. The Balaban J connectivity index is 1.73. The Morgan fingerprint density at radius 1 is 0.955 bits per heavy atom. The van der Waals surface area contributed by atoms with Crippen LogP contribution in [0.1, 0.15) is 35.1 Å². The van der Waals surface area contributed by atoms with Gasteiger partial charge < -0.3 is 10.6 Å². The van der Waals surface area contributed by atoms with Crippen LogP contribution in [0, 0.1) is 13.8 Å². The molecule has 2 nitrogen and oxygen atoms in total. The van der Waals surface area contributed by atoms with Crippen LogP contribution in [0.2, 0.25) is 0 Å². The van der Waals surface area contributed by atoms with Crippen molar-refractivity contribution < 1.29 is 0 Å². The van der Waals surface area contributed by atoms with Crippen molar-refractivity contribution in [3.05, 3.63) is 58.7 Å². The summed E-state index contributed by atoms with van der Waals surface area (Å²) in [6, 6.07) is 12.8. The van der Waals surface area contributed by atoms with Crippen LogP contribution in [-0.2, 0) is 12.8 Å². The predicted octanol–water partition coefficient (Wildman–Crippen LogP) is 4.99. The predicted molar refractivity (Wildman–Crippen MR) is 98.8 cm³/mol. The summed E-state index contributed by atoms with van der Waals surface area (Å²) >= 11 is 5.48. The SMILES string of the molecule is Cc1ccc(NC(=S)Nc2cccc3c2CCCC3)cc1C. The molecule has 1 aliphatic carbocycles. The minimum absolute atomic E-state index is 0.655. The number of thiocarbonyl (C=S) groups is 1. The first-order valence-corrected chi connectivity index (χ1v) is 8.30. The Morgan fingerprint density at radius 2 is 1.77 bits per heavy atom. The van der Waals surface area contributed by atoms with E-state index in [0.29, 0.717) is 5.11 Å². The molecule has 0 saturated heterocycles. The molecule has 0 radical (unpaired) electrons. The third-order valence-corrected chi connectivity index (χ3v) is 4.61. The van der Waals surface area contributed by atoms with Gasteiger partial charge in [-0.3, -0.25) is 0 Å². The van der Waals surface area contributed by atoms with Crippen molar-refractivity contribution in [1.82, 2.24) is 0 Å². The highest BCUT2D eigenvalue weighted by Crippen LogP contribution is 2.28. The molecule has 0 aliphatic heterocycles. The highest BCUT2D eigenvalue weighted by molar-refractivity contribution is 7.80. The van der Waals surface area contributed by atoms with Gasteiger partial charge in [0.05, 0.1) is 0 Å². The zero-order valence-electron chi connectivity index (χ0n) is 13.2. The summed E-state index contributed by atoms with van der Waals surface area (Å²) in [4.78, 5) is 0. The van der Waals surface area contributed by atoms with E-state index in [9.17, 15) is 0 Å². The maximum atomic E-state index is 5.48. The van der Waals surface area contributed by atoms with E-state index in [1.807, 2.05) is 0 Å². The fourth-order valence-electron chi connectivity index (χ4n) is 3.00. The molecule has 0 bridgehead atoms. The lowest BCUT2D eigenvalue weighted by molar-refractivity contribution is 0.687. The molecule has 114 valence electrons. The molecule has 0 atom stereocenters.